The number of aromatic nitrogens is 2. The zero-order chi connectivity index (χ0) is 21.5. The number of carbonyl (C=O) groups excluding carboxylic acids is 1. The van der Waals surface area contributed by atoms with E-state index >= 15 is 0 Å². The first-order chi connectivity index (χ1) is 14.4. The first kappa shape index (κ1) is 21.3. The molecule has 0 unspecified atom stereocenters. The summed E-state index contributed by atoms with van der Waals surface area (Å²) < 4.78 is 5.47. The average Bonchev–Trinajstić information content (AvgIpc) is 3.14. The third-order valence-corrected chi connectivity index (χ3v) is 4.87. The molecule has 0 aliphatic heterocycles. The predicted molar refractivity (Wildman–Crippen MR) is 115 cm³/mol. The molecule has 3 aromatic rings. The summed E-state index contributed by atoms with van der Waals surface area (Å²) in [5.74, 6) is -0.0935. The van der Waals surface area contributed by atoms with E-state index in [1.807, 2.05) is 12.1 Å². The van der Waals surface area contributed by atoms with Gasteiger partial charge in [-0.15, -0.1) is 16.9 Å². The Morgan fingerprint density at radius 2 is 2.00 bits per heavy atom. The van der Waals surface area contributed by atoms with Crippen LogP contribution in [0.25, 0.3) is 6.08 Å². The number of hydrogen-bond acceptors (Lipinski definition) is 7. The van der Waals surface area contributed by atoms with Crippen molar-refractivity contribution in [3.63, 3.8) is 0 Å². The molecule has 0 saturated carbocycles. The number of thioether (sulfide) groups is 1. The van der Waals surface area contributed by atoms with Gasteiger partial charge in [0.2, 0.25) is 5.89 Å². The predicted octanol–water partition coefficient (Wildman–Crippen LogP) is 4.72. The van der Waals surface area contributed by atoms with Crippen LogP contribution in [0.1, 0.15) is 30.9 Å². The van der Waals surface area contributed by atoms with Gasteiger partial charge in [0.05, 0.1) is 11.3 Å². The molecule has 1 amide bonds. The zero-order valence-electron chi connectivity index (χ0n) is 16.4. The van der Waals surface area contributed by atoms with E-state index in [0.29, 0.717) is 23.1 Å². The zero-order valence-corrected chi connectivity index (χ0v) is 17.3. The van der Waals surface area contributed by atoms with Crippen molar-refractivity contribution in [1.29, 1.82) is 0 Å². The number of carbonyl (C=O) groups is 1. The molecular weight excluding hydrogens is 404 g/mol. The summed E-state index contributed by atoms with van der Waals surface area (Å²) in [5.41, 5.74) is 1.51. The Labute approximate surface area is 177 Å². The maximum Gasteiger partial charge on any atom is 0.322 e. The number of nitrogens with one attached hydrogen (secondary N) is 1. The third kappa shape index (κ3) is 6.28. The SMILES string of the molecule is CC(C)Sc1ccc(Cc2nnc(NC(=O)/C=C/c3cccc([N+](=O)[O-])c3)o2)cc1. The summed E-state index contributed by atoms with van der Waals surface area (Å²) >= 11 is 1.79. The van der Waals surface area contributed by atoms with Crippen LogP contribution in [-0.4, -0.2) is 26.3 Å². The number of benzene rings is 2. The van der Waals surface area contributed by atoms with E-state index in [1.165, 1.54) is 29.2 Å². The highest BCUT2D eigenvalue weighted by Crippen LogP contribution is 2.23. The molecule has 9 heteroatoms. The second-order valence-corrected chi connectivity index (χ2v) is 8.31. The van der Waals surface area contributed by atoms with E-state index in [0.717, 1.165) is 5.56 Å². The largest absolute Gasteiger partial charge is 0.407 e. The Bertz CT molecular complexity index is 1060. The molecule has 1 N–H and O–H groups in total. The van der Waals surface area contributed by atoms with Crippen molar-refractivity contribution < 1.29 is 14.1 Å². The maximum absolute atomic E-state index is 12.0. The van der Waals surface area contributed by atoms with Crippen molar-refractivity contribution in [3.05, 3.63) is 81.7 Å². The second kappa shape index (κ2) is 9.84. The van der Waals surface area contributed by atoms with E-state index in [-0.39, 0.29) is 11.7 Å². The van der Waals surface area contributed by atoms with Crippen molar-refractivity contribution >= 4 is 35.4 Å². The summed E-state index contributed by atoms with van der Waals surface area (Å²) in [7, 11) is 0. The molecule has 0 spiro atoms. The molecule has 0 bridgehead atoms. The number of hydrogen-bond donors (Lipinski definition) is 1. The van der Waals surface area contributed by atoms with Gasteiger partial charge in [-0.05, 0) is 29.3 Å². The molecule has 8 nitrogen and oxygen atoms in total. The lowest BCUT2D eigenvalue weighted by Crippen LogP contribution is -2.07. The minimum absolute atomic E-state index is 0.00863. The molecule has 2 aromatic carbocycles. The molecule has 0 radical (unpaired) electrons. The van der Waals surface area contributed by atoms with E-state index in [1.54, 1.807) is 23.9 Å². The number of nitrogens with zero attached hydrogens (tertiary/aromatic N) is 3. The van der Waals surface area contributed by atoms with Crippen LogP contribution in [0.4, 0.5) is 11.7 Å². The standard InChI is InChI=1S/C21H20N4O4S/c1-14(2)30-18-9-6-16(7-10-18)13-20-23-24-21(29-20)22-19(26)11-8-15-4-3-5-17(12-15)25(27)28/h3-12,14H,13H2,1-2H3,(H,22,24,26)/b11-8+. The minimum Gasteiger partial charge on any atom is -0.407 e. The van der Waals surface area contributed by atoms with Crippen molar-refractivity contribution in [2.75, 3.05) is 5.32 Å². The van der Waals surface area contributed by atoms with Crippen LogP contribution in [-0.2, 0) is 11.2 Å². The molecule has 1 aromatic heterocycles. The summed E-state index contributed by atoms with van der Waals surface area (Å²) in [6.07, 6.45) is 3.17. The molecule has 0 aliphatic carbocycles. The Morgan fingerprint density at radius 3 is 2.70 bits per heavy atom. The van der Waals surface area contributed by atoms with E-state index < -0.39 is 10.8 Å². The van der Waals surface area contributed by atoms with Crippen molar-refractivity contribution in [2.24, 2.45) is 0 Å². The molecule has 1 heterocycles. The van der Waals surface area contributed by atoms with Crippen LogP contribution in [0.2, 0.25) is 0 Å². The fourth-order valence-corrected chi connectivity index (χ4v) is 3.41. The summed E-state index contributed by atoms with van der Waals surface area (Å²) in [4.78, 5) is 23.5. The van der Waals surface area contributed by atoms with Gasteiger partial charge < -0.3 is 4.42 Å². The van der Waals surface area contributed by atoms with Gasteiger partial charge in [-0.2, -0.15) is 0 Å². The van der Waals surface area contributed by atoms with Gasteiger partial charge >= 0.3 is 6.01 Å². The number of nitro benzene ring substituents is 1. The molecule has 30 heavy (non-hydrogen) atoms. The van der Waals surface area contributed by atoms with Crippen molar-refractivity contribution in [2.45, 2.75) is 30.4 Å². The maximum atomic E-state index is 12.0. The van der Waals surface area contributed by atoms with Crippen molar-refractivity contribution in [3.8, 4) is 0 Å². The summed E-state index contributed by atoms with van der Waals surface area (Å²) in [5, 5.41) is 21.6. The van der Waals surface area contributed by atoms with Crippen LogP contribution in [0.3, 0.4) is 0 Å². The molecule has 154 valence electrons. The van der Waals surface area contributed by atoms with Gasteiger partial charge in [-0.25, -0.2) is 0 Å². The first-order valence-electron chi connectivity index (χ1n) is 9.20. The molecule has 3 rings (SSSR count). The smallest absolute Gasteiger partial charge is 0.322 e. The minimum atomic E-state index is -0.492. The lowest BCUT2D eigenvalue weighted by atomic mass is 10.1. The van der Waals surface area contributed by atoms with Gasteiger partial charge in [0.25, 0.3) is 11.6 Å². The Hall–Kier alpha value is -3.46. The highest BCUT2D eigenvalue weighted by atomic mass is 32.2. The van der Waals surface area contributed by atoms with Gasteiger partial charge in [0, 0.05) is 28.4 Å². The lowest BCUT2D eigenvalue weighted by Gasteiger charge is -2.05. The number of amides is 1. The molecular formula is C21H20N4O4S. The molecule has 0 saturated heterocycles. The number of anilines is 1. The van der Waals surface area contributed by atoms with Crippen LogP contribution in [0, 0.1) is 10.1 Å². The average molecular weight is 424 g/mol. The monoisotopic (exact) mass is 424 g/mol. The van der Waals surface area contributed by atoms with E-state index in [9.17, 15) is 14.9 Å². The van der Waals surface area contributed by atoms with Gasteiger partial charge in [0.15, 0.2) is 0 Å². The van der Waals surface area contributed by atoms with Crippen LogP contribution >= 0.6 is 11.8 Å². The number of non-ortho nitro benzene ring substituents is 1. The molecule has 0 atom stereocenters. The first-order valence-corrected chi connectivity index (χ1v) is 10.1. The van der Waals surface area contributed by atoms with Crippen LogP contribution < -0.4 is 5.32 Å². The Balaban J connectivity index is 1.56. The highest BCUT2D eigenvalue weighted by Gasteiger charge is 2.10. The fraction of sp³-hybridized carbons (Fsp3) is 0.190. The molecule has 0 aliphatic rings. The van der Waals surface area contributed by atoms with Crippen molar-refractivity contribution in [1.82, 2.24) is 10.2 Å². The highest BCUT2D eigenvalue weighted by molar-refractivity contribution is 7.99. The fourth-order valence-electron chi connectivity index (χ4n) is 2.57. The van der Waals surface area contributed by atoms with Gasteiger partial charge in [0.1, 0.15) is 0 Å². The second-order valence-electron chi connectivity index (χ2n) is 6.66. The van der Waals surface area contributed by atoms with E-state index in [2.05, 4.69) is 41.5 Å². The third-order valence-electron chi connectivity index (χ3n) is 3.86. The normalized spacial score (nSPS) is 11.2. The van der Waals surface area contributed by atoms with Gasteiger partial charge in [-0.3, -0.25) is 20.2 Å². The van der Waals surface area contributed by atoms with Crippen LogP contribution in [0.15, 0.2) is 63.9 Å². The lowest BCUT2D eigenvalue weighted by molar-refractivity contribution is -0.384. The quantitative estimate of drug-likeness (QED) is 0.241. The van der Waals surface area contributed by atoms with Gasteiger partial charge in [-0.1, -0.05) is 43.2 Å². The Morgan fingerprint density at radius 1 is 1.23 bits per heavy atom. The van der Waals surface area contributed by atoms with E-state index in [4.69, 9.17) is 4.42 Å². The number of nitro groups is 1. The summed E-state index contributed by atoms with van der Waals surface area (Å²) in [6, 6.07) is 14.1. The Kier molecular flexibility index (Phi) is 6.97. The van der Waals surface area contributed by atoms with Crippen LogP contribution in [0.5, 0.6) is 0 Å². The summed E-state index contributed by atoms with van der Waals surface area (Å²) in [6.45, 7) is 4.29. The topological polar surface area (TPSA) is 111 Å². The molecule has 0 fully saturated rings. The number of rotatable bonds is 8.